The lowest BCUT2D eigenvalue weighted by Gasteiger charge is -2.36. The van der Waals surface area contributed by atoms with Crippen molar-refractivity contribution in [3.8, 4) is 0 Å². The average Bonchev–Trinajstić information content (AvgIpc) is 2.37. The Hall–Kier alpha value is -1.13. The number of benzene rings is 1. The predicted molar refractivity (Wildman–Crippen MR) is 93.8 cm³/mol. The van der Waals surface area contributed by atoms with Gasteiger partial charge in [-0.3, -0.25) is 0 Å². The second kappa shape index (κ2) is 7.42. The van der Waals surface area contributed by atoms with Crippen LogP contribution in [0.5, 0.6) is 0 Å². The molecule has 0 aromatic heterocycles. The highest BCUT2D eigenvalue weighted by atomic mass is 28.4. The molecule has 0 saturated carbocycles. The van der Waals surface area contributed by atoms with Crippen molar-refractivity contribution in [3.05, 3.63) is 35.4 Å². The minimum absolute atomic E-state index is 0.0924. The van der Waals surface area contributed by atoms with Gasteiger partial charge in [-0.15, -0.1) is 0 Å². The zero-order valence-electron chi connectivity index (χ0n) is 15.0. The number of esters is 1. The van der Waals surface area contributed by atoms with Crippen molar-refractivity contribution in [2.24, 2.45) is 0 Å². The van der Waals surface area contributed by atoms with Gasteiger partial charge < -0.3 is 9.16 Å². The first-order chi connectivity index (χ1) is 10.0. The summed E-state index contributed by atoms with van der Waals surface area (Å²) in [7, 11) is -1.68. The van der Waals surface area contributed by atoms with E-state index in [1.54, 1.807) is 0 Å². The van der Waals surface area contributed by atoms with Crippen molar-refractivity contribution in [3.63, 3.8) is 0 Å². The van der Waals surface area contributed by atoms with Crippen LogP contribution in [0.1, 0.15) is 50.5 Å². The van der Waals surface area contributed by atoms with Crippen LogP contribution in [0.25, 0.3) is 0 Å². The summed E-state index contributed by atoms with van der Waals surface area (Å²) >= 11 is 0. The monoisotopic (exact) mass is 322 g/mol. The van der Waals surface area contributed by atoms with Crippen molar-refractivity contribution < 1.29 is 14.0 Å². The van der Waals surface area contributed by atoms with E-state index in [1.165, 1.54) is 5.56 Å². The SMILES string of the molecule is CC(C)OC(=O)c1ccc(CCO[Si](C)(C)C(C)(C)C)cc1. The van der Waals surface area contributed by atoms with Crippen LogP contribution < -0.4 is 0 Å². The molecule has 124 valence electrons. The molecule has 0 amide bonds. The smallest absolute Gasteiger partial charge is 0.338 e. The maximum Gasteiger partial charge on any atom is 0.338 e. The second-order valence-corrected chi connectivity index (χ2v) is 12.3. The fourth-order valence-electron chi connectivity index (χ4n) is 1.73. The number of hydrogen-bond donors (Lipinski definition) is 0. The Morgan fingerprint density at radius 2 is 1.68 bits per heavy atom. The Bertz CT molecular complexity index is 484. The standard InChI is InChI=1S/C18H30O3Si/c1-14(2)21-17(19)16-10-8-15(9-11-16)12-13-20-22(6,7)18(3,4)5/h8-11,14H,12-13H2,1-7H3. The zero-order valence-corrected chi connectivity index (χ0v) is 16.0. The summed E-state index contributed by atoms with van der Waals surface area (Å²) in [4.78, 5) is 11.8. The van der Waals surface area contributed by atoms with Crippen molar-refractivity contribution >= 4 is 14.3 Å². The molecule has 0 heterocycles. The van der Waals surface area contributed by atoms with Crippen molar-refractivity contribution in [1.82, 2.24) is 0 Å². The minimum atomic E-state index is -1.68. The number of carbonyl (C=O) groups is 1. The van der Waals surface area contributed by atoms with Crippen LogP contribution in [0.15, 0.2) is 24.3 Å². The van der Waals surface area contributed by atoms with Gasteiger partial charge in [0.1, 0.15) is 0 Å². The van der Waals surface area contributed by atoms with Crippen LogP contribution in [0.2, 0.25) is 18.1 Å². The Balaban J connectivity index is 2.54. The number of hydrogen-bond acceptors (Lipinski definition) is 3. The maximum absolute atomic E-state index is 11.8. The second-order valence-electron chi connectivity index (χ2n) is 7.51. The maximum atomic E-state index is 11.8. The highest BCUT2D eigenvalue weighted by Gasteiger charge is 2.36. The molecule has 0 unspecified atom stereocenters. The first-order valence-corrected chi connectivity index (χ1v) is 10.9. The third kappa shape index (κ3) is 5.58. The summed E-state index contributed by atoms with van der Waals surface area (Å²) in [5, 5.41) is 0.234. The third-order valence-corrected chi connectivity index (χ3v) is 8.73. The van der Waals surface area contributed by atoms with Crippen LogP contribution in [0.4, 0.5) is 0 Å². The van der Waals surface area contributed by atoms with E-state index < -0.39 is 8.32 Å². The molecule has 0 N–H and O–H groups in total. The molecule has 0 radical (unpaired) electrons. The van der Waals surface area contributed by atoms with E-state index >= 15 is 0 Å². The van der Waals surface area contributed by atoms with E-state index in [4.69, 9.17) is 9.16 Å². The van der Waals surface area contributed by atoms with Crippen molar-refractivity contribution in [1.29, 1.82) is 0 Å². The molecule has 22 heavy (non-hydrogen) atoms. The lowest BCUT2D eigenvalue weighted by Crippen LogP contribution is -2.41. The molecule has 0 fully saturated rings. The molecular formula is C18H30O3Si. The molecule has 0 atom stereocenters. The van der Waals surface area contributed by atoms with E-state index in [2.05, 4.69) is 33.9 Å². The van der Waals surface area contributed by atoms with Gasteiger partial charge in [-0.05, 0) is 56.1 Å². The molecule has 0 spiro atoms. The summed E-state index contributed by atoms with van der Waals surface area (Å²) in [6.45, 7) is 15.7. The lowest BCUT2D eigenvalue weighted by atomic mass is 10.1. The van der Waals surface area contributed by atoms with Gasteiger partial charge in [0.25, 0.3) is 0 Å². The van der Waals surface area contributed by atoms with E-state index in [0.29, 0.717) is 5.56 Å². The molecule has 3 nitrogen and oxygen atoms in total. The van der Waals surface area contributed by atoms with Gasteiger partial charge in [0.2, 0.25) is 0 Å². The van der Waals surface area contributed by atoms with Crippen LogP contribution in [0, 0.1) is 0 Å². The molecule has 1 aromatic carbocycles. The van der Waals surface area contributed by atoms with Gasteiger partial charge in [-0.1, -0.05) is 32.9 Å². The summed E-state index contributed by atoms with van der Waals surface area (Å²) in [6, 6.07) is 7.61. The first kappa shape index (κ1) is 18.9. The van der Waals surface area contributed by atoms with E-state index in [1.807, 2.05) is 38.1 Å². The molecule has 0 aliphatic carbocycles. The molecule has 0 aliphatic rings. The minimum Gasteiger partial charge on any atom is -0.459 e. The molecule has 4 heteroatoms. The fraction of sp³-hybridized carbons (Fsp3) is 0.611. The van der Waals surface area contributed by atoms with Gasteiger partial charge in [-0.25, -0.2) is 4.79 Å². The summed E-state index contributed by atoms with van der Waals surface area (Å²) in [5.41, 5.74) is 1.78. The normalized spacial score (nSPS) is 12.5. The van der Waals surface area contributed by atoms with Crippen LogP contribution >= 0.6 is 0 Å². The van der Waals surface area contributed by atoms with Gasteiger partial charge in [0.05, 0.1) is 11.7 Å². The Labute approximate surface area is 136 Å². The van der Waals surface area contributed by atoms with Gasteiger partial charge >= 0.3 is 5.97 Å². The summed E-state index contributed by atoms with van der Waals surface area (Å²) in [6.07, 6.45) is 0.775. The largest absolute Gasteiger partial charge is 0.459 e. The van der Waals surface area contributed by atoms with E-state index in [9.17, 15) is 4.79 Å². The lowest BCUT2D eigenvalue weighted by molar-refractivity contribution is 0.0378. The van der Waals surface area contributed by atoms with Gasteiger partial charge in [0, 0.05) is 6.61 Å². The van der Waals surface area contributed by atoms with Gasteiger partial charge in [-0.2, -0.15) is 0 Å². The van der Waals surface area contributed by atoms with Crippen LogP contribution in [0.3, 0.4) is 0 Å². The molecular weight excluding hydrogens is 292 g/mol. The van der Waals surface area contributed by atoms with Crippen molar-refractivity contribution in [2.45, 2.75) is 65.3 Å². The number of carbonyl (C=O) groups excluding carboxylic acids is 1. The van der Waals surface area contributed by atoms with Gasteiger partial charge in [0.15, 0.2) is 8.32 Å². The van der Waals surface area contributed by atoms with E-state index in [-0.39, 0.29) is 17.1 Å². The third-order valence-electron chi connectivity index (χ3n) is 4.19. The Kier molecular flexibility index (Phi) is 6.38. The summed E-state index contributed by atoms with van der Waals surface area (Å²) in [5.74, 6) is -0.265. The highest BCUT2D eigenvalue weighted by molar-refractivity contribution is 6.74. The Morgan fingerprint density at radius 3 is 2.14 bits per heavy atom. The average molecular weight is 323 g/mol. The quantitative estimate of drug-likeness (QED) is 0.556. The molecule has 0 aliphatic heterocycles. The Morgan fingerprint density at radius 1 is 1.14 bits per heavy atom. The predicted octanol–water partition coefficient (Wildman–Crippen LogP) is 4.82. The topological polar surface area (TPSA) is 35.5 Å². The zero-order chi connectivity index (χ0) is 17.0. The summed E-state index contributed by atoms with van der Waals surface area (Å²) < 4.78 is 11.4. The van der Waals surface area contributed by atoms with Crippen molar-refractivity contribution in [2.75, 3.05) is 6.61 Å². The number of ether oxygens (including phenoxy) is 1. The highest BCUT2D eigenvalue weighted by Crippen LogP contribution is 2.36. The molecule has 0 bridgehead atoms. The molecule has 1 aromatic rings. The number of rotatable bonds is 6. The van der Waals surface area contributed by atoms with E-state index in [0.717, 1.165) is 13.0 Å². The molecule has 0 saturated heterocycles. The van der Waals surface area contributed by atoms with Crippen LogP contribution in [-0.4, -0.2) is 27.0 Å². The van der Waals surface area contributed by atoms with Crippen LogP contribution in [-0.2, 0) is 15.6 Å². The first-order valence-electron chi connectivity index (χ1n) is 7.97. The fourth-order valence-corrected chi connectivity index (χ4v) is 2.78. The molecule has 1 rings (SSSR count).